The Bertz CT molecular complexity index is 939. The molecular weight excluding hydrogens is 346 g/mol. The van der Waals surface area contributed by atoms with Crippen molar-refractivity contribution in [3.63, 3.8) is 0 Å². The van der Waals surface area contributed by atoms with E-state index in [1.807, 2.05) is 35.0 Å². The fourth-order valence-corrected chi connectivity index (χ4v) is 3.48. The number of esters is 1. The summed E-state index contributed by atoms with van der Waals surface area (Å²) in [4.78, 5) is 14.1. The summed E-state index contributed by atoms with van der Waals surface area (Å²) in [5, 5.41) is 14.7. The number of carbonyl (C=O) groups excluding carboxylic acids is 1. The van der Waals surface area contributed by atoms with Crippen LogP contribution in [0.25, 0.3) is 21.2 Å². The summed E-state index contributed by atoms with van der Waals surface area (Å²) in [5.41, 5.74) is 1.58. The molecule has 6 nitrogen and oxygen atoms in total. The van der Waals surface area contributed by atoms with E-state index < -0.39 is 5.97 Å². The fourth-order valence-electron chi connectivity index (χ4n) is 2.11. The van der Waals surface area contributed by atoms with Gasteiger partial charge in [-0.05, 0) is 29.0 Å². The van der Waals surface area contributed by atoms with E-state index in [0.29, 0.717) is 11.5 Å². The van der Waals surface area contributed by atoms with Gasteiger partial charge >= 0.3 is 5.97 Å². The highest BCUT2D eigenvalue weighted by Crippen LogP contribution is 2.26. The molecule has 8 heteroatoms. The SMILES string of the molecule is O=C(OCc1cc(-c2cccs2)on1)c1cc(-c2cccs2)[nH]n1. The van der Waals surface area contributed by atoms with Gasteiger partial charge in [0.15, 0.2) is 11.5 Å². The third kappa shape index (κ3) is 3.01. The van der Waals surface area contributed by atoms with Crippen molar-refractivity contribution < 1.29 is 14.1 Å². The summed E-state index contributed by atoms with van der Waals surface area (Å²) in [6.45, 7) is 0.0366. The molecule has 0 saturated heterocycles. The maximum absolute atomic E-state index is 12.1. The summed E-state index contributed by atoms with van der Waals surface area (Å²) >= 11 is 3.13. The van der Waals surface area contributed by atoms with Crippen LogP contribution in [0.15, 0.2) is 51.7 Å². The van der Waals surface area contributed by atoms with Crippen molar-refractivity contribution in [3.8, 4) is 21.2 Å². The normalized spacial score (nSPS) is 10.8. The zero-order valence-corrected chi connectivity index (χ0v) is 13.9. The average molecular weight is 357 g/mol. The van der Waals surface area contributed by atoms with E-state index in [1.165, 1.54) is 0 Å². The Hall–Kier alpha value is -2.71. The molecule has 0 amide bonds. The lowest BCUT2D eigenvalue weighted by molar-refractivity contribution is 0.0457. The summed E-state index contributed by atoms with van der Waals surface area (Å²) in [7, 11) is 0. The fraction of sp³-hybridized carbons (Fsp3) is 0.0625. The van der Waals surface area contributed by atoms with Crippen LogP contribution in [0.4, 0.5) is 0 Å². The Labute approximate surface area is 144 Å². The van der Waals surface area contributed by atoms with Crippen LogP contribution in [-0.2, 0) is 11.3 Å². The number of H-pyrrole nitrogens is 1. The molecule has 0 bridgehead atoms. The van der Waals surface area contributed by atoms with Crippen LogP contribution >= 0.6 is 22.7 Å². The minimum atomic E-state index is -0.505. The van der Waals surface area contributed by atoms with Crippen molar-refractivity contribution in [2.24, 2.45) is 0 Å². The van der Waals surface area contributed by atoms with Gasteiger partial charge in [-0.25, -0.2) is 4.79 Å². The predicted molar refractivity (Wildman–Crippen MR) is 90.8 cm³/mol. The molecule has 0 aliphatic carbocycles. The van der Waals surface area contributed by atoms with E-state index >= 15 is 0 Å². The molecule has 0 radical (unpaired) electrons. The van der Waals surface area contributed by atoms with Crippen LogP contribution in [-0.4, -0.2) is 21.3 Å². The van der Waals surface area contributed by atoms with Gasteiger partial charge in [0.2, 0.25) is 0 Å². The van der Waals surface area contributed by atoms with E-state index in [-0.39, 0.29) is 12.3 Å². The summed E-state index contributed by atoms with van der Waals surface area (Å²) in [5.74, 6) is 0.158. The molecule has 0 spiro atoms. The predicted octanol–water partition coefficient (Wildman–Crippen LogP) is 4.21. The molecule has 4 aromatic heterocycles. The van der Waals surface area contributed by atoms with Gasteiger partial charge in [0.25, 0.3) is 0 Å². The van der Waals surface area contributed by atoms with Crippen LogP contribution < -0.4 is 0 Å². The molecule has 4 heterocycles. The van der Waals surface area contributed by atoms with Crippen molar-refractivity contribution in [2.45, 2.75) is 6.61 Å². The first-order valence-electron chi connectivity index (χ1n) is 7.05. The number of carbonyl (C=O) groups is 1. The number of nitrogens with zero attached hydrogens (tertiary/aromatic N) is 2. The lowest BCUT2D eigenvalue weighted by Gasteiger charge is -1.98. The number of aromatic amines is 1. The van der Waals surface area contributed by atoms with Crippen molar-refractivity contribution in [1.29, 1.82) is 0 Å². The monoisotopic (exact) mass is 357 g/mol. The van der Waals surface area contributed by atoms with Crippen molar-refractivity contribution in [1.82, 2.24) is 15.4 Å². The van der Waals surface area contributed by atoms with Gasteiger partial charge in [0.05, 0.1) is 15.4 Å². The number of aromatic nitrogens is 3. The quantitative estimate of drug-likeness (QED) is 0.541. The van der Waals surface area contributed by atoms with E-state index in [4.69, 9.17) is 9.26 Å². The van der Waals surface area contributed by atoms with E-state index in [2.05, 4.69) is 15.4 Å². The van der Waals surface area contributed by atoms with E-state index in [0.717, 1.165) is 15.4 Å². The van der Waals surface area contributed by atoms with Gasteiger partial charge < -0.3 is 9.26 Å². The van der Waals surface area contributed by atoms with Crippen LogP contribution in [0, 0.1) is 0 Å². The first-order chi connectivity index (χ1) is 11.8. The molecule has 4 rings (SSSR count). The third-order valence-electron chi connectivity index (χ3n) is 3.25. The average Bonchev–Trinajstić information content (AvgIpc) is 3.40. The zero-order chi connectivity index (χ0) is 16.4. The van der Waals surface area contributed by atoms with Crippen LogP contribution in [0.5, 0.6) is 0 Å². The van der Waals surface area contributed by atoms with E-state index in [9.17, 15) is 4.79 Å². The van der Waals surface area contributed by atoms with Gasteiger partial charge in [0.1, 0.15) is 12.3 Å². The highest BCUT2D eigenvalue weighted by Gasteiger charge is 2.15. The smallest absolute Gasteiger partial charge is 0.359 e. The zero-order valence-electron chi connectivity index (χ0n) is 12.3. The maximum Gasteiger partial charge on any atom is 0.359 e. The molecule has 1 N–H and O–H groups in total. The second-order valence-corrected chi connectivity index (χ2v) is 6.78. The number of thiophene rings is 2. The second kappa shape index (κ2) is 6.42. The number of hydrogen-bond acceptors (Lipinski definition) is 7. The first-order valence-corrected chi connectivity index (χ1v) is 8.81. The van der Waals surface area contributed by atoms with Gasteiger partial charge in [-0.1, -0.05) is 17.3 Å². The molecule has 120 valence electrons. The maximum atomic E-state index is 12.1. The van der Waals surface area contributed by atoms with Crippen LogP contribution in [0.3, 0.4) is 0 Å². The lowest BCUT2D eigenvalue weighted by atomic mass is 10.3. The summed E-state index contributed by atoms with van der Waals surface area (Å²) in [6, 6.07) is 11.2. The molecule has 0 aliphatic rings. The second-order valence-electron chi connectivity index (χ2n) is 4.88. The number of rotatable bonds is 5. The molecule has 0 aliphatic heterocycles. The van der Waals surface area contributed by atoms with Crippen LogP contribution in [0.1, 0.15) is 16.2 Å². The topological polar surface area (TPSA) is 81.0 Å². The Kier molecular flexibility index (Phi) is 3.97. The van der Waals surface area contributed by atoms with Gasteiger partial charge in [-0.2, -0.15) is 5.10 Å². The Morgan fingerprint density at radius 3 is 2.71 bits per heavy atom. The minimum Gasteiger partial charge on any atom is -0.454 e. The number of nitrogens with one attached hydrogen (secondary N) is 1. The minimum absolute atomic E-state index is 0.0366. The lowest BCUT2D eigenvalue weighted by Crippen LogP contribution is -2.05. The van der Waals surface area contributed by atoms with Crippen molar-refractivity contribution >= 4 is 28.6 Å². The molecule has 0 saturated carbocycles. The van der Waals surface area contributed by atoms with Gasteiger partial charge in [-0.15, -0.1) is 22.7 Å². The first kappa shape index (κ1) is 14.9. The van der Waals surface area contributed by atoms with Gasteiger partial charge in [-0.3, -0.25) is 5.10 Å². The third-order valence-corrected chi connectivity index (χ3v) is 5.04. The van der Waals surface area contributed by atoms with Crippen molar-refractivity contribution in [2.75, 3.05) is 0 Å². The standard InChI is InChI=1S/C16H11N3O3S2/c20-16(12-8-11(17-18-12)14-3-1-5-23-14)21-9-10-7-13(22-19-10)15-4-2-6-24-15/h1-8H,9H2,(H,17,18). The van der Waals surface area contributed by atoms with Crippen molar-refractivity contribution in [3.05, 3.63) is 58.5 Å². The number of hydrogen-bond donors (Lipinski definition) is 1. The van der Waals surface area contributed by atoms with Crippen LogP contribution in [0.2, 0.25) is 0 Å². The summed E-state index contributed by atoms with van der Waals surface area (Å²) < 4.78 is 10.5. The molecule has 0 unspecified atom stereocenters. The molecule has 0 atom stereocenters. The summed E-state index contributed by atoms with van der Waals surface area (Å²) in [6.07, 6.45) is 0. The molecular formula is C16H11N3O3S2. The highest BCUT2D eigenvalue weighted by atomic mass is 32.1. The highest BCUT2D eigenvalue weighted by molar-refractivity contribution is 7.13. The Morgan fingerprint density at radius 2 is 1.96 bits per heavy atom. The molecule has 0 aromatic carbocycles. The molecule has 24 heavy (non-hydrogen) atoms. The molecule has 0 fully saturated rings. The number of ether oxygens (including phenoxy) is 1. The Balaban J connectivity index is 1.40. The largest absolute Gasteiger partial charge is 0.454 e. The van der Waals surface area contributed by atoms with E-state index in [1.54, 1.807) is 34.8 Å². The Morgan fingerprint density at radius 1 is 1.17 bits per heavy atom. The van der Waals surface area contributed by atoms with Gasteiger partial charge in [0, 0.05) is 6.07 Å². The molecule has 4 aromatic rings.